The first-order valence-electron chi connectivity index (χ1n) is 4.02. The van der Waals surface area contributed by atoms with Crippen molar-refractivity contribution in [1.82, 2.24) is 4.98 Å². The van der Waals surface area contributed by atoms with E-state index in [2.05, 4.69) is 11.6 Å². The molecular weight excluding hydrogens is 162 g/mol. The first kappa shape index (κ1) is 7.80. The molecule has 0 bridgehead atoms. The highest BCUT2D eigenvalue weighted by Crippen LogP contribution is 2.23. The average molecular weight is 171 g/mol. The summed E-state index contributed by atoms with van der Waals surface area (Å²) in [5, 5.41) is 2.12. The zero-order chi connectivity index (χ0) is 9.10. The van der Waals surface area contributed by atoms with Gasteiger partial charge in [0.25, 0.3) is 0 Å². The van der Waals surface area contributed by atoms with Gasteiger partial charge in [0, 0.05) is 17.0 Å². The molecule has 2 nitrogen and oxygen atoms in total. The van der Waals surface area contributed by atoms with Crippen molar-refractivity contribution in [1.29, 1.82) is 0 Å². The van der Waals surface area contributed by atoms with Crippen molar-refractivity contribution < 1.29 is 4.74 Å². The van der Waals surface area contributed by atoms with E-state index in [9.17, 15) is 0 Å². The van der Waals surface area contributed by atoms with Crippen LogP contribution in [0.25, 0.3) is 10.8 Å². The van der Waals surface area contributed by atoms with E-state index in [0.29, 0.717) is 0 Å². The van der Waals surface area contributed by atoms with E-state index in [1.165, 1.54) is 6.26 Å². The summed E-state index contributed by atoms with van der Waals surface area (Å²) in [6.07, 6.45) is 4.90. The van der Waals surface area contributed by atoms with Crippen molar-refractivity contribution in [2.75, 3.05) is 0 Å². The van der Waals surface area contributed by atoms with Crippen LogP contribution < -0.4 is 4.74 Å². The molecule has 0 fully saturated rings. The van der Waals surface area contributed by atoms with Gasteiger partial charge in [0.05, 0.1) is 12.5 Å². The number of aromatic nitrogens is 1. The Morgan fingerprint density at radius 1 is 1.23 bits per heavy atom. The van der Waals surface area contributed by atoms with Crippen molar-refractivity contribution in [3.05, 3.63) is 49.5 Å². The standard InChI is InChI=1S/C11H9NO/c1-2-13-11-8-12-7-9-5-3-4-6-10(9)11/h2-8H,1H2. The second-order valence-electron chi connectivity index (χ2n) is 2.64. The van der Waals surface area contributed by atoms with Gasteiger partial charge < -0.3 is 4.74 Å². The van der Waals surface area contributed by atoms with Gasteiger partial charge in [-0.15, -0.1) is 0 Å². The number of hydrogen-bond acceptors (Lipinski definition) is 2. The van der Waals surface area contributed by atoms with Crippen LogP contribution in [0.2, 0.25) is 0 Å². The van der Waals surface area contributed by atoms with Gasteiger partial charge in [-0.1, -0.05) is 30.8 Å². The fourth-order valence-electron chi connectivity index (χ4n) is 1.27. The van der Waals surface area contributed by atoms with E-state index in [1.54, 1.807) is 6.20 Å². The highest BCUT2D eigenvalue weighted by atomic mass is 16.5. The molecule has 13 heavy (non-hydrogen) atoms. The van der Waals surface area contributed by atoms with Crippen LogP contribution in [0.15, 0.2) is 49.5 Å². The molecule has 0 aliphatic heterocycles. The lowest BCUT2D eigenvalue weighted by molar-refractivity contribution is 0.487. The number of hydrogen-bond donors (Lipinski definition) is 0. The number of pyridine rings is 1. The van der Waals surface area contributed by atoms with Gasteiger partial charge in [-0.2, -0.15) is 0 Å². The maximum absolute atomic E-state index is 5.22. The third-order valence-corrected chi connectivity index (χ3v) is 1.84. The molecular formula is C11H9NO. The third kappa shape index (κ3) is 1.38. The molecule has 2 aromatic rings. The smallest absolute Gasteiger partial charge is 0.152 e. The topological polar surface area (TPSA) is 22.1 Å². The third-order valence-electron chi connectivity index (χ3n) is 1.84. The number of fused-ring (bicyclic) bond motifs is 1. The highest BCUT2D eigenvalue weighted by Gasteiger charge is 1.99. The minimum absolute atomic E-state index is 0.744. The summed E-state index contributed by atoms with van der Waals surface area (Å²) in [4.78, 5) is 4.06. The summed E-state index contributed by atoms with van der Waals surface area (Å²) in [7, 11) is 0. The van der Waals surface area contributed by atoms with Crippen LogP contribution >= 0.6 is 0 Å². The van der Waals surface area contributed by atoms with E-state index >= 15 is 0 Å². The Labute approximate surface area is 76.5 Å². The Morgan fingerprint density at radius 3 is 2.92 bits per heavy atom. The van der Waals surface area contributed by atoms with Crippen LogP contribution in [-0.4, -0.2) is 4.98 Å². The summed E-state index contributed by atoms with van der Waals surface area (Å²) in [6.45, 7) is 3.51. The SMILES string of the molecule is C=COc1cncc2ccccc12. The molecule has 1 aromatic heterocycles. The molecule has 0 saturated heterocycles. The summed E-state index contributed by atoms with van der Waals surface area (Å²) in [5.74, 6) is 0.744. The Balaban J connectivity index is 2.68. The summed E-state index contributed by atoms with van der Waals surface area (Å²) < 4.78 is 5.22. The van der Waals surface area contributed by atoms with Gasteiger partial charge in [-0.3, -0.25) is 4.98 Å². The van der Waals surface area contributed by atoms with E-state index in [-0.39, 0.29) is 0 Å². The summed E-state index contributed by atoms with van der Waals surface area (Å²) >= 11 is 0. The average Bonchev–Trinajstić information content (AvgIpc) is 2.19. The maximum atomic E-state index is 5.22. The predicted molar refractivity (Wildman–Crippen MR) is 52.6 cm³/mol. The molecule has 0 aliphatic rings. The normalized spacial score (nSPS) is 9.85. The minimum atomic E-state index is 0.744. The zero-order valence-corrected chi connectivity index (χ0v) is 7.10. The molecule has 0 radical (unpaired) electrons. The molecule has 1 aromatic carbocycles. The predicted octanol–water partition coefficient (Wildman–Crippen LogP) is 2.76. The maximum Gasteiger partial charge on any atom is 0.152 e. The highest BCUT2D eigenvalue weighted by molar-refractivity contribution is 5.87. The molecule has 0 saturated carbocycles. The van der Waals surface area contributed by atoms with Crippen LogP contribution in [0.5, 0.6) is 5.75 Å². The molecule has 0 atom stereocenters. The van der Waals surface area contributed by atoms with Gasteiger partial charge in [0.2, 0.25) is 0 Å². The second-order valence-corrected chi connectivity index (χ2v) is 2.64. The molecule has 0 unspecified atom stereocenters. The minimum Gasteiger partial charge on any atom is -0.463 e. The van der Waals surface area contributed by atoms with Crippen LogP contribution in [0.4, 0.5) is 0 Å². The van der Waals surface area contributed by atoms with Crippen molar-refractivity contribution in [2.24, 2.45) is 0 Å². The zero-order valence-electron chi connectivity index (χ0n) is 7.10. The Morgan fingerprint density at radius 2 is 2.08 bits per heavy atom. The first-order valence-corrected chi connectivity index (χ1v) is 4.02. The fraction of sp³-hybridized carbons (Fsp3) is 0. The van der Waals surface area contributed by atoms with Gasteiger partial charge in [0.15, 0.2) is 5.75 Å². The lowest BCUT2D eigenvalue weighted by Gasteiger charge is -2.02. The largest absolute Gasteiger partial charge is 0.463 e. The molecule has 0 amide bonds. The van der Waals surface area contributed by atoms with Crippen LogP contribution in [-0.2, 0) is 0 Å². The molecule has 1 heterocycles. The lowest BCUT2D eigenvalue weighted by atomic mass is 10.2. The van der Waals surface area contributed by atoms with Gasteiger partial charge in [-0.05, 0) is 0 Å². The van der Waals surface area contributed by atoms with Gasteiger partial charge in [-0.25, -0.2) is 0 Å². The first-order chi connectivity index (χ1) is 6.42. The fourth-order valence-corrected chi connectivity index (χ4v) is 1.27. The molecule has 64 valence electrons. The molecule has 2 rings (SSSR count). The lowest BCUT2D eigenvalue weighted by Crippen LogP contribution is -1.84. The summed E-state index contributed by atoms with van der Waals surface area (Å²) in [5.41, 5.74) is 0. The van der Waals surface area contributed by atoms with Crippen molar-refractivity contribution in [3.63, 3.8) is 0 Å². The van der Waals surface area contributed by atoms with E-state index < -0.39 is 0 Å². The van der Waals surface area contributed by atoms with E-state index in [4.69, 9.17) is 4.74 Å². The number of rotatable bonds is 2. The second kappa shape index (κ2) is 3.27. The van der Waals surface area contributed by atoms with E-state index in [0.717, 1.165) is 16.5 Å². The number of ether oxygens (including phenoxy) is 1. The Hall–Kier alpha value is -1.83. The van der Waals surface area contributed by atoms with E-state index in [1.807, 2.05) is 30.5 Å². The van der Waals surface area contributed by atoms with Crippen LogP contribution in [0, 0.1) is 0 Å². The Kier molecular flexibility index (Phi) is 1.96. The van der Waals surface area contributed by atoms with Crippen molar-refractivity contribution >= 4 is 10.8 Å². The van der Waals surface area contributed by atoms with Crippen molar-refractivity contribution in [2.45, 2.75) is 0 Å². The van der Waals surface area contributed by atoms with Gasteiger partial charge >= 0.3 is 0 Å². The van der Waals surface area contributed by atoms with Gasteiger partial charge in [0.1, 0.15) is 0 Å². The number of benzene rings is 1. The molecule has 0 aliphatic carbocycles. The Bertz CT molecular complexity index is 432. The van der Waals surface area contributed by atoms with Crippen molar-refractivity contribution in [3.8, 4) is 5.75 Å². The molecule has 2 heteroatoms. The number of nitrogens with zero attached hydrogens (tertiary/aromatic N) is 1. The van der Waals surface area contributed by atoms with Crippen LogP contribution in [0.3, 0.4) is 0 Å². The summed E-state index contributed by atoms with van der Waals surface area (Å²) in [6, 6.07) is 7.94. The molecule has 0 spiro atoms. The monoisotopic (exact) mass is 171 g/mol. The quantitative estimate of drug-likeness (QED) is 0.648. The molecule has 0 N–H and O–H groups in total. The van der Waals surface area contributed by atoms with Crippen LogP contribution in [0.1, 0.15) is 0 Å².